The Kier molecular flexibility index (Phi) is 4.98. The Hall–Kier alpha value is -2.30. The third-order valence-corrected chi connectivity index (χ3v) is 3.35. The van der Waals surface area contributed by atoms with Crippen molar-refractivity contribution >= 4 is 11.6 Å². The molecule has 0 spiro atoms. The molecule has 112 valence electrons. The highest BCUT2D eigenvalue weighted by molar-refractivity contribution is 6.00. The van der Waals surface area contributed by atoms with Gasteiger partial charge in [0.25, 0.3) is 5.91 Å². The molecular weight excluding hydrogens is 264 g/mol. The van der Waals surface area contributed by atoms with Crippen LogP contribution in [0.15, 0.2) is 30.6 Å². The van der Waals surface area contributed by atoms with E-state index in [0.29, 0.717) is 5.56 Å². The highest BCUT2D eigenvalue weighted by Crippen LogP contribution is 2.19. The van der Waals surface area contributed by atoms with Crippen molar-refractivity contribution in [1.82, 2.24) is 15.3 Å². The first-order valence-corrected chi connectivity index (χ1v) is 7.30. The third kappa shape index (κ3) is 3.62. The van der Waals surface area contributed by atoms with Gasteiger partial charge in [-0.15, -0.1) is 0 Å². The Balaban J connectivity index is 2.21. The van der Waals surface area contributed by atoms with E-state index in [9.17, 15) is 4.79 Å². The minimum atomic E-state index is -0.109. The summed E-state index contributed by atoms with van der Waals surface area (Å²) in [5.41, 5.74) is 2.59. The lowest BCUT2D eigenvalue weighted by Crippen LogP contribution is -2.29. The molecule has 1 aromatic carbocycles. The molecule has 21 heavy (non-hydrogen) atoms. The second-order valence-corrected chi connectivity index (χ2v) is 4.99. The predicted molar refractivity (Wildman–Crippen MR) is 84.4 cm³/mol. The summed E-state index contributed by atoms with van der Waals surface area (Å²) in [4.78, 5) is 19.8. The van der Waals surface area contributed by atoms with E-state index in [1.54, 1.807) is 12.4 Å². The van der Waals surface area contributed by atoms with Gasteiger partial charge in [0, 0.05) is 24.6 Å². The van der Waals surface area contributed by atoms with Gasteiger partial charge in [0.05, 0.1) is 11.6 Å². The van der Waals surface area contributed by atoms with Crippen LogP contribution in [0.4, 0.5) is 5.69 Å². The molecule has 5 nitrogen and oxygen atoms in total. The summed E-state index contributed by atoms with van der Waals surface area (Å²) in [6.45, 7) is 6.79. The smallest absolute Gasteiger partial charge is 0.253 e. The maximum absolute atomic E-state index is 12.6. The molecule has 0 fully saturated rings. The molecule has 1 aromatic heterocycles. The summed E-state index contributed by atoms with van der Waals surface area (Å²) in [7, 11) is 0. The molecule has 0 saturated carbocycles. The van der Waals surface area contributed by atoms with Crippen LogP contribution < -0.4 is 10.6 Å². The van der Waals surface area contributed by atoms with Crippen LogP contribution in [0.2, 0.25) is 0 Å². The fourth-order valence-corrected chi connectivity index (χ4v) is 2.26. The molecule has 0 aliphatic heterocycles. The number of benzene rings is 1. The second-order valence-electron chi connectivity index (χ2n) is 4.99. The van der Waals surface area contributed by atoms with Gasteiger partial charge < -0.3 is 15.6 Å². The Morgan fingerprint density at radius 3 is 2.81 bits per heavy atom. The van der Waals surface area contributed by atoms with E-state index in [2.05, 4.69) is 20.6 Å². The van der Waals surface area contributed by atoms with Crippen molar-refractivity contribution in [3.05, 3.63) is 47.5 Å². The van der Waals surface area contributed by atoms with E-state index in [1.807, 2.05) is 39.0 Å². The van der Waals surface area contributed by atoms with Crippen LogP contribution in [-0.2, 0) is 0 Å². The highest BCUT2D eigenvalue weighted by Gasteiger charge is 2.18. The first-order valence-electron chi connectivity index (χ1n) is 7.30. The van der Waals surface area contributed by atoms with Gasteiger partial charge in [0.2, 0.25) is 0 Å². The third-order valence-electron chi connectivity index (χ3n) is 3.35. The normalized spacial score (nSPS) is 12.0. The number of carbonyl (C=O) groups is 1. The number of hydrogen-bond donors (Lipinski definition) is 3. The number of aromatic nitrogens is 2. The lowest BCUT2D eigenvalue weighted by atomic mass is 10.1. The number of hydrogen-bond acceptors (Lipinski definition) is 3. The number of carbonyl (C=O) groups excluding carboxylic acids is 1. The fourth-order valence-electron chi connectivity index (χ4n) is 2.26. The zero-order chi connectivity index (χ0) is 15.2. The average molecular weight is 286 g/mol. The first-order chi connectivity index (χ1) is 10.2. The van der Waals surface area contributed by atoms with Gasteiger partial charge in [-0.05, 0) is 32.4 Å². The first kappa shape index (κ1) is 15.1. The zero-order valence-corrected chi connectivity index (χ0v) is 12.7. The number of anilines is 1. The Labute approximate surface area is 125 Å². The Morgan fingerprint density at radius 2 is 2.19 bits per heavy atom. The number of amides is 1. The number of rotatable bonds is 6. The summed E-state index contributed by atoms with van der Waals surface area (Å²) in [6.07, 6.45) is 4.24. The number of H-pyrrole nitrogens is 1. The molecule has 1 heterocycles. The zero-order valence-electron chi connectivity index (χ0n) is 12.7. The second kappa shape index (κ2) is 6.92. The molecule has 0 radical (unpaired) electrons. The van der Waals surface area contributed by atoms with Crippen molar-refractivity contribution in [2.45, 2.75) is 33.2 Å². The van der Waals surface area contributed by atoms with Gasteiger partial charge in [0.1, 0.15) is 5.82 Å². The largest absolute Gasteiger partial charge is 0.385 e. The van der Waals surface area contributed by atoms with E-state index >= 15 is 0 Å². The van der Waals surface area contributed by atoms with Crippen LogP contribution in [-0.4, -0.2) is 22.4 Å². The van der Waals surface area contributed by atoms with Gasteiger partial charge in [-0.25, -0.2) is 4.98 Å². The molecule has 5 heteroatoms. The van der Waals surface area contributed by atoms with Gasteiger partial charge >= 0.3 is 0 Å². The van der Waals surface area contributed by atoms with Crippen molar-refractivity contribution in [3.8, 4) is 0 Å². The number of aryl methyl sites for hydroxylation is 1. The summed E-state index contributed by atoms with van der Waals surface area (Å²) < 4.78 is 0. The molecule has 0 bridgehead atoms. The standard InChI is InChI=1S/C16H22N4O/c1-4-13(15-18-8-9-19-15)20-16(21)12-10-11(3)6-7-14(12)17-5-2/h6-10,13,17H,4-5H2,1-3H3,(H,18,19)(H,20,21). The lowest BCUT2D eigenvalue weighted by Gasteiger charge is -2.17. The SMILES string of the molecule is CCNc1ccc(C)cc1C(=O)NC(CC)c1ncc[nH]1. The predicted octanol–water partition coefficient (Wildman–Crippen LogP) is 3.03. The molecule has 3 N–H and O–H groups in total. The lowest BCUT2D eigenvalue weighted by molar-refractivity contribution is 0.0934. The molecule has 1 unspecified atom stereocenters. The molecule has 1 atom stereocenters. The van der Waals surface area contributed by atoms with Gasteiger partial charge in [-0.3, -0.25) is 4.79 Å². The summed E-state index contributed by atoms with van der Waals surface area (Å²) in [5, 5.41) is 6.26. The van der Waals surface area contributed by atoms with Crippen molar-refractivity contribution in [2.24, 2.45) is 0 Å². The molecule has 2 rings (SSSR count). The van der Waals surface area contributed by atoms with E-state index < -0.39 is 0 Å². The Bertz CT molecular complexity index is 592. The molecule has 2 aromatic rings. The van der Waals surface area contributed by atoms with E-state index in [-0.39, 0.29) is 11.9 Å². The van der Waals surface area contributed by atoms with Crippen LogP contribution in [0.25, 0.3) is 0 Å². The number of nitrogens with zero attached hydrogens (tertiary/aromatic N) is 1. The minimum absolute atomic E-state index is 0.0853. The topological polar surface area (TPSA) is 69.8 Å². The quantitative estimate of drug-likeness (QED) is 0.764. The molecule has 0 saturated heterocycles. The summed E-state index contributed by atoms with van der Waals surface area (Å²) in [6, 6.07) is 5.74. The number of imidazole rings is 1. The fraction of sp³-hybridized carbons (Fsp3) is 0.375. The van der Waals surface area contributed by atoms with Crippen LogP contribution in [0.3, 0.4) is 0 Å². The van der Waals surface area contributed by atoms with E-state index in [1.165, 1.54) is 0 Å². The minimum Gasteiger partial charge on any atom is -0.385 e. The summed E-state index contributed by atoms with van der Waals surface area (Å²) >= 11 is 0. The number of nitrogens with one attached hydrogen (secondary N) is 3. The Morgan fingerprint density at radius 1 is 1.38 bits per heavy atom. The van der Waals surface area contributed by atoms with Crippen LogP contribution >= 0.6 is 0 Å². The monoisotopic (exact) mass is 286 g/mol. The van der Waals surface area contributed by atoms with E-state index in [4.69, 9.17) is 0 Å². The summed E-state index contributed by atoms with van der Waals surface area (Å²) in [5.74, 6) is 0.696. The molecule has 0 aliphatic carbocycles. The van der Waals surface area contributed by atoms with Crippen LogP contribution in [0.1, 0.15) is 48.1 Å². The molecule has 0 aliphatic rings. The van der Waals surface area contributed by atoms with Gasteiger partial charge in [-0.1, -0.05) is 18.6 Å². The molecule has 1 amide bonds. The van der Waals surface area contributed by atoms with Gasteiger partial charge in [0.15, 0.2) is 0 Å². The highest BCUT2D eigenvalue weighted by atomic mass is 16.1. The van der Waals surface area contributed by atoms with Gasteiger partial charge in [-0.2, -0.15) is 0 Å². The van der Waals surface area contributed by atoms with E-state index in [0.717, 1.165) is 30.0 Å². The van der Waals surface area contributed by atoms with Crippen molar-refractivity contribution < 1.29 is 4.79 Å². The molecular formula is C16H22N4O. The van der Waals surface area contributed by atoms with Crippen LogP contribution in [0, 0.1) is 6.92 Å². The number of aromatic amines is 1. The van der Waals surface area contributed by atoms with Crippen molar-refractivity contribution in [1.29, 1.82) is 0 Å². The average Bonchev–Trinajstić information content (AvgIpc) is 3.00. The van der Waals surface area contributed by atoms with Crippen molar-refractivity contribution in [2.75, 3.05) is 11.9 Å². The maximum atomic E-state index is 12.6. The maximum Gasteiger partial charge on any atom is 0.253 e. The van der Waals surface area contributed by atoms with Crippen LogP contribution in [0.5, 0.6) is 0 Å². The van der Waals surface area contributed by atoms with Crippen molar-refractivity contribution in [3.63, 3.8) is 0 Å².